The molecule has 0 aromatic carbocycles. The normalized spacial score (nSPS) is 23.3. The predicted molar refractivity (Wildman–Crippen MR) is 95.6 cm³/mol. The summed E-state index contributed by atoms with van der Waals surface area (Å²) in [7, 11) is 0. The van der Waals surface area contributed by atoms with Gasteiger partial charge < -0.3 is 9.47 Å². The molecule has 1 aromatic rings. The lowest BCUT2D eigenvalue weighted by Gasteiger charge is -2.35. The molecule has 0 radical (unpaired) electrons. The monoisotopic (exact) mass is 332 g/mol. The van der Waals surface area contributed by atoms with Crippen LogP contribution in [0.2, 0.25) is 0 Å². The maximum absolute atomic E-state index is 12.7. The molecule has 1 aliphatic heterocycles. The second-order valence-corrected chi connectivity index (χ2v) is 8.13. The first-order valence-corrected chi connectivity index (χ1v) is 9.49. The van der Waals surface area contributed by atoms with Gasteiger partial charge in [-0.25, -0.2) is 4.98 Å². The second kappa shape index (κ2) is 7.26. The highest BCUT2D eigenvalue weighted by Gasteiger charge is 2.35. The van der Waals surface area contributed by atoms with E-state index in [4.69, 9.17) is 0 Å². The Bertz CT molecular complexity index is 561. The topological polar surface area (TPSA) is 41.4 Å². The molecule has 134 valence electrons. The molecule has 1 unspecified atom stereocenters. The number of carbonyl (C=O) groups is 1. The highest BCUT2D eigenvalue weighted by atomic mass is 16.2. The molecule has 2 fully saturated rings. The van der Waals surface area contributed by atoms with Crippen LogP contribution in [0.5, 0.6) is 0 Å². The van der Waals surface area contributed by atoms with Gasteiger partial charge in [0.25, 0.3) is 0 Å². The zero-order valence-electron chi connectivity index (χ0n) is 15.6. The van der Waals surface area contributed by atoms with E-state index in [1.807, 2.05) is 6.20 Å². The average molecular weight is 332 g/mol. The maximum atomic E-state index is 12.7. The van der Waals surface area contributed by atoms with Crippen molar-refractivity contribution in [2.24, 2.45) is 11.8 Å². The molecule has 5 nitrogen and oxygen atoms in total. The Morgan fingerprint density at radius 2 is 2.00 bits per heavy atom. The Hall–Kier alpha value is -1.36. The summed E-state index contributed by atoms with van der Waals surface area (Å²) >= 11 is 0. The molecule has 2 aliphatic rings. The van der Waals surface area contributed by atoms with Crippen LogP contribution in [0, 0.1) is 11.8 Å². The van der Waals surface area contributed by atoms with Gasteiger partial charge >= 0.3 is 0 Å². The lowest BCUT2D eigenvalue weighted by Crippen LogP contribution is -2.47. The number of nitrogens with zero attached hydrogens (tertiary/aromatic N) is 4. The molecule has 1 amide bonds. The van der Waals surface area contributed by atoms with Crippen LogP contribution in [0.3, 0.4) is 0 Å². The molecule has 2 heterocycles. The minimum Gasteiger partial charge on any atom is -0.338 e. The van der Waals surface area contributed by atoms with Gasteiger partial charge in [0, 0.05) is 50.5 Å². The molecular weight excluding hydrogens is 300 g/mol. The van der Waals surface area contributed by atoms with Crippen LogP contribution in [0.1, 0.15) is 58.8 Å². The summed E-state index contributed by atoms with van der Waals surface area (Å²) in [5.41, 5.74) is 0. The van der Waals surface area contributed by atoms with Crippen LogP contribution < -0.4 is 0 Å². The van der Waals surface area contributed by atoms with E-state index in [0.29, 0.717) is 30.3 Å². The van der Waals surface area contributed by atoms with E-state index < -0.39 is 0 Å². The summed E-state index contributed by atoms with van der Waals surface area (Å²) in [4.78, 5) is 21.9. The largest absolute Gasteiger partial charge is 0.338 e. The second-order valence-electron chi connectivity index (χ2n) is 8.13. The van der Waals surface area contributed by atoms with Crippen LogP contribution in [0.15, 0.2) is 12.4 Å². The maximum Gasteiger partial charge on any atom is 0.224 e. The number of hydrogen-bond donors (Lipinski definition) is 0. The molecule has 0 N–H and O–H groups in total. The fourth-order valence-corrected chi connectivity index (χ4v) is 3.70. The van der Waals surface area contributed by atoms with Crippen LogP contribution in [-0.4, -0.2) is 50.9 Å². The fraction of sp³-hybridized carbons (Fsp3) is 0.789. The summed E-state index contributed by atoms with van der Waals surface area (Å²) in [5.74, 6) is 2.69. The van der Waals surface area contributed by atoms with Gasteiger partial charge in [-0.2, -0.15) is 0 Å². The van der Waals surface area contributed by atoms with Crippen LogP contribution >= 0.6 is 0 Å². The van der Waals surface area contributed by atoms with E-state index in [2.05, 4.69) is 53.2 Å². The van der Waals surface area contributed by atoms with Crippen LogP contribution in [0.25, 0.3) is 0 Å². The van der Waals surface area contributed by atoms with Gasteiger partial charge in [0.15, 0.2) is 0 Å². The third-order valence-electron chi connectivity index (χ3n) is 5.40. The van der Waals surface area contributed by atoms with E-state index in [1.54, 1.807) is 0 Å². The quantitative estimate of drug-likeness (QED) is 0.804. The van der Waals surface area contributed by atoms with Crippen molar-refractivity contribution in [3.63, 3.8) is 0 Å². The highest BCUT2D eigenvalue weighted by molar-refractivity contribution is 5.77. The third kappa shape index (κ3) is 4.00. The van der Waals surface area contributed by atoms with Crippen molar-refractivity contribution in [2.75, 3.05) is 19.6 Å². The summed E-state index contributed by atoms with van der Waals surface area (Å²) in [6, 6.07) is 0.742. The Kier molecular flexibility index (Phi) is 5.28. The first-order valence-electron chi connectivity index (χ1n) is 9.49. The SMILES string of the molecule is CC(C)C1CN(Cc2nccn2C(C)C)CCC(=O)N1CC1CC1. The van der Waals surface area contributed by atoms with Crippen molar-refractivity contribution in [2.45, 2.75) is 65.6 Å². The number of imidazole rings is 1. The molecular formula is C19H32N4O. The number of aromatic nitrogens is 2. The highest BCUT2D eigenvalue weighted by Crippen LogP contribution is 2.32. The van der Waals surface area contributed by atoms with Crippen LogP contribution in [0.4, 0.5) is 0 Å². The van der Waals surface area contributed by atoms with E-state index in [1.165, 1.54) is 12.8 Å². The molecule has 0 spiro atoms. The van der Waals surface area contributed by atoms with E-state index >= 15 is 0 Å². The lowest BCUT2D eigenvalue weighted by atomic mass is 10.0. The van der Waals surface area contributed by atoms with Crippen molar-refractivity contribution >= 4 is 5.91 Å². The number of hydrogen-bond acceptors (Lipinski definition) is 3. The smallest absolute Gasteiger partial charge is 0.224 e. The minimum atomic E-state index is 0.322. The number of carbonyl (C=O) groups excluding carboxylic acids is 1. The van der Waals surface area contributed by atoms with Crippen molar-refractivity contribution in [3.8, 4) is 0 Å². The minimum absolute atomic E-state index is 0.322. The molecule has 1 saturated carbocycles. The fourth-order valence-electron chi connectivity index (χ4n) is 3.70. The predicted octanol–water partition coefficient (Wildman–Crippen LogP) is 2.93. The average Bonchev–Trinajstić information content (AvgIpc) is 3.25. The first-order chi connectivity index (χ1) is 11.5. The summed E-state index contributed by atoms with van der Waals surface area (Å²) in [6.07, 6.45) is 7.17. The lowest BCUT2D eigenvalue weighted by molar-refractivity contribution is -0.133. The van der Waals surface area contributed by atoms with Gasteiger partial charge in [0.1, 0.15) is 5.82 Å². The molecule has 1 saturated heterocycles. The molecule has 1 atom stereocenters. The summed E-state index contributed by atoms with van der Waals surface area (Å²) < 4.78 is 2.24. The van der Waals surface area contributed by atoms with Gasteiger partial charge in [0.2, 0.25) is 5.91 Å². The number of amides is 1. The Morgan fingerprint density at radius 1 is 1.25 bits per heavy atom. The molecule has 1 aliphatic carbocycles. The van der Waals surface area contributed by atoms with Gasteiger partial charge in [-0.3, -0.25) is 9.69 Å². The molecule has 24 heavy (non-hydrogen) atoms. The summed E-state index contributed by atoms with van der Waals surface area (Å²) in [5, 5.41) is 0. The molecule has 3 rings (SSSR count). The van der Waals surface area contributed by atoms with Gasteiger partial charge in [-0.15, -0.1) is 0 Å². The van der Waals surface area contributed by atoms with Gasteiger partial charge in [0.05, 0.1) is 6.54 Å². The van der Waals surface area contributed by atoms with E-state index in [9.17, 15) is 4.79 Å². The van der Waals surface area contributed by atoms with Gasteiger partial charge in [-0.05, 0) is 38.5 Å². The van der Waals surface area contributed by atoms with Crippen molar-refractivity contribution in [3.05, 3.63) is 18.2 Å². The summed E-state index contributed by atoms with van der Waals surface area (Å²) in [6.45, 7) is 12.5. The van der Waals surface area contributed by atoms with Crippen LogP contribution in [-0.2, 0) is 11.3 Å². The Labute approximate surface area is 146 Å². The zero-order chi connectivity index (χ0) is 17.3. The number of rotatable bonds is 6. The van der Waals surface area contributed by atoms with Gasteiger partial charge in [-0.1, -0.05) is 13.8 Å². The third-order valence-corrected chi connectivity index (χ3v) is 5.40. The van der Waals surface area contributed by atoms with Crippen molar-refractivity contribution in [1.82, 2.24) is 19.4 Å². The Morgan fingerprint density at radius 3 is 2.62 bits per heavy atom. The molecule has 1 aromatic heterocycles. The first kappa shape index (κ1) is 17.5. The van der Waals surface area contributed by atoms with Crippen molar-refractivity contribution < 1.29 is 4.79 Å². The standard InChI is InChI=1S/C19H32N4O/c1-14(2)17-12-21(13-18-20-8-10-22(18)15(3)4)9-7-19(24)23(17)11-16-5-6-16/h8,10,14-17H,5-7,9,11-13H2,1-4H3. The molecule has 0 bridgehead atoms. The van der Waals surface area contributed by atoms with E-state index in [0.717, 1.165) is 37.9 Å². The zero-order valence-corrected chi connectivity index (χ0v) is 15.6. The van der Waals surface area contributed by atoms with Crippen molar-refractivity contribution in [1.29, 1.82) is 0 Å². The molecule has 5 heteroatoms. The van der Waals surface area contributed by atoms with E-state index in [-0.39, 0.29) is 0 Å². The Balaban J connectivity index is 1.73.